The minimum Gasteiger partial charge on any atom is -0.368 e. The van der Waals surface area contributed by atoms with E-state index in [0.29, 0.717) is 26.2 Å². The van der Waals surface area contributed by atoms with Crippen LogP contribution in [0.1, 0.15) is 10.4 Å². The van der Waals surface area contributed by atoms with E-state index in [-0.39, 0.29) is 23.8 Å². The number of anilines is 1. The molecule has 3 rings (SSSR count). The monoisotopic (exact) mass is 387 g/mol. The van der Waals surface area contributed by atoms with Gasteiger partial charge in [-0.15, -0.1) is 0 Å². The first-order valence-electron chi connectivity index (χ1n) is 8.80. The van der Waals surface area contributed by atoms with Crippen LogP contribution in [-0.4, -0.2) is 55.2 Å². The second-order valence-corrected chi connectivity index (χ2v) is 6.37. The summed E-state index contributed by atoms with van der Waals surface area (Å²) in [5.41, 5.74) is 0.676. The molecule has 0 radical (unpaired) electrons. The first-order chi connectivity index (χ1) is 13.4. The number of hydrogen-bond acceptors (Lipinski definition) is 4. The van der Waals surface area contributed by atoms with Gasteiger partial charge >= 0.3 is 0 Å². The molecule has 2 amide bonds. The second-order valence-electron chi connectivity index (χ2n) is 6.37. The van der Waals surface area contributed by atoms with E-state index in [1.165, 1.54) is 30.3 Å². The largest absolute Gasteiger partial charge is 0.368 e. The number of benzene rings is 2. The Bertz CT molecular complexity index is 896. The third kappa shape index (κ3) is 4.70. The lowest BCUT2D eigenvalue weighted by atomic mass is 10.1. The second kappa shape index (κ2) is 8.60. The first kappa shape index (κ1) is 19.5. The molecule has 0 atom stereocenters. The van der Waals surface area contributed by atoms with E-state index < -0.39 is 17.5 Å². The van der Waals surface area contributed by atoms with Crippen molar-refractivity contribution in [3.8, 4) is 0 Å². The van der Waals surface area contributed by atoms with Gasteiger partial charge in [0, 0.05) is 37.4 Å². The Labute approximate surface area is 160 Å². The number of carbonyl (C=O) groups is 3. The highest BCUT2D eigenvalue weighted by Crippen LogP contribution is 2.17. The lowest BCUT2D eigenvalue weighted by Gasteiger charge is -2.36. The van der Waals surface area contributed by atoms with Crippen molar-refractivity contribution in [3.63, 3.8) is 0 Å². The molecule has 1 aliphatic heterocycles. The summed E-state index contributed by atoms with van der Waals surface area (Å²) in [7, 11) is 0. The normalized spacial score (nSPS) is 13.9. The molecule has 1 saturated heterocycles. The first-order valence-corrected chi connectivity index (χ1v) is 8.80. The van der Waals surface area contributed by atoms with Crippen LogP contribution in [0.15, 0.2) is 48.5 Å². The van der Waals surface area contributed by atoms with Crippen LogP contribution in [0.4, 0.5) is 14.5 Å². The summed E-state index contributed by atoms with van der Waals surface area (Å²) in [6.07, 6.45) is 0. The summed E-state index contributed by atoms with van der Waals surface area (Å²) >= 11 is 0. The molecule has 0 aromatic heterocycles. The van der Waals surface area contributed by atoms with Crippen LogP contribution in [0.2, 0.25) is 0 Å². The fourth-order valence-electron chi connectivity index (χ4n) is 3.00. The number of halogens is 2. The number of amides is 2. The SMILES string of the molecule is O=C(NCC(=O)N1CCN(c2cccc(F)c2)CC1)C(=O)c1cccc(F)c1. The number of carbonyl (C=O) groups excluding carboxylic acids is 3. The zero-order valence-electron chi connectivity index (χ0n) is 15.0. The number of hydrogen-bond donors (Lipinski definition) is 1. The standard InChI is InChI=1S/C20H19F2N3O3/c21-15-4-1-3-14(11-15)19(27)20(28)23-13-18(26)25-9-7-24(8-10-25)17-6-2-5-16(22)12-17/h1-6,11-12H,7-10,13H2,(H,23,28). The van der Waals surface area contributed by atoms with E-state index in [9.17, 15) is 23.2 Å². The minimum absolute atomic E-state index is 0.0753. The molecule has 2 aromatic rings. The van der Waals surface area contributed by atoms with Gasteiger partial charge in [0.1, 0.15) is 11.6 Å². The lowest BCUT2D eigenvalue weighted by Crippen LogP contribution is -2.51. The molecule has 0 spiro atoms. The highest BCUT2D eigenvalue weighted by atomic mass is 19.1. The van der Waals surface area contributed by atoms with Crippen LogP contribution in [0.25, 0.3) is 0 Å². The van der Waals surface area contributed by atoms with Gasteiger partial charge < -0.3 is 15.1 Å². The van der Waals surface area contributed by atoms with Crippen LogP contribution >= 0.6 is 0 Å². The number of nitrogens with zero attached hydrogens (tertiary/aromatic N) is 2. The minimum atomic E-state index is -0.961. The van der Waals surface area contributed by atoms with Crippen LogP contribution in [-0.2, 0) is 9.59 Å². The van der Waals surface area contributed by atoms with Gasteiger partial charge in [-0.3, -0.25) is 14.4 Å². The van der Waals surface area contributed by atoms with Gasteiger partial charge in [0.15, 0.2) is 0 Å². The zero-order valence-corrected chi connectivity index (χ0v) is 15.0. The topological polar surface area (TPSA) is 69.7 Å². The van der Waals surface area contributed by atoms with Gasteiger partial charge in [0.25, 0.3) is 5.91 Å². The predicted molar refractivity (Wildman–Crippen MR) is 98.9 cm³/mol. The van der Waals surface area contributed by atoms with Crippen molar-refractivity contribution in [1.82, 2.24) is 10.2 Å². The van der Waals surface area contributed by atoms with E-state index in [2.05, 4.69) is 5.32 Å². The molecule has 0 unspecified atom stereocenters. The van der Waals surface area contributed by atoms with E-state index in [1.54, 1.807) is 17.0 Å². The zero-order chi connectivity index (χ0) is 20.1. The molecule has 1 aliphatic rings. The molecule has 1 fully saturated rings. The van der Waals surface area contributed by atoms with Gasteiger partial charge in [-0.2, -0.15) is 0 Å². The molecule has 8 heteroatoms. The Kier molecular flexibility index (Phi) is 5.98. The summed E-state index contributed by atoms with van der Waals surface area (Å²) in [5, 5.41) is 2.28. The Morgan fingerprint density at radius 1 is 0.893 bits per heavy atom. The Balaban J connectivity index is 1.48. The van der Waals surface area contributed by atoms with Crippen molar-refractivity contribution >= 4 is 23.3 Å². The Morgan fingerprint density at radius 3 is 2.18 bits per heavy atom. The maximum absolute atomic E-state index is 13.3. The molecule has 28 heavy (non-hydrogen) atoms. The third-order valence-corrected chi connectivity index (χ3v) is 4.50. The van der Waals surface area contributed by atoms with Crippen molar-refractivity contribution in [3.05, 3.63) is 65.7 Å². The lowest BCUT2D eigenvalue weighted by molar-refractivity contribution is -0.132. The number of rotatable bonds is 5. The van der Waals surface area contributed by atoms with Gasteiger partial charge in [-0.05, 0) is 30.3 Å². The van der Waals surface area contributed by atoms with E-state index in [1.807, 2.05) is 4.90 Å². The van der Waals surface area contributed by atoms with Crippen molar-refractivity contribution in [2.75, 3.05) is 37.6 Å². The van der Waals surface area contributed by atoms with Gasteiger partial charge in [-0.1, -0.05) is 18.2 Å². The molecule has 146 valence electrons. The number of nitrogens with one attached hydrogen (secondary N) is 1. The number of ketones is 1. The van der Waals surface area contributed by atoms with E-state index in [0.717, 1.165) is 11.8 Å². The maximum atomic E-state index is 13.3. The summed E-state index contributed by atoms with van der Waals surface area (Å²) < 4.78 is 26.5. The van der Waals surface area contributed by atoms with Crippen molar-refractivity contribution in [1.29, 1.82) is 0 Å². The van der Waals surface area contributed by atoms with E-state index in [4.69, 9.17) is 0 Å². The highest BCUT2D eigenvalue weighted by Gasteiger charge is 2.23. The molecular formula is C20H19F2N3O3. The molecule has 6 nitrogen and oxygen atoms in total. The van der Waals surface area contributed by atoms with Crippen LogP contribution in [0.3, 0.4) is 0 Å². The van der Waals surface area contributed by atoms with Crippen molar-refractivity contribution < 1.29 is 23.2 Å². The van der Waals surface area contributed by atoms with Gasteiger partial charge in [-0.25, -0.2) is 8.78 Å². The Morgan fingerprint density at radius 2 is 1.54 bits per heavy atom. The number of piperazine rings is 1. The summed E-state index contributed by atoms with van der Waals surface area (Å²) in [6.45, 7) is 1.59. The van der Waals surface area contributed by atoms with Crippen molar-refractivity contribution in [2.45, 2.75) is 0 Å². The van der Waals surface area contributed by atoms with Crippen molar-refractivity contribution in [2.24, 2.45) is 0 Å². The summed E-state index contributed by atoms with van der Waals surface area (Å²) in [6, 6.07) is 11.0. The fourth-order valence-corrected chi connectivity index (χ4v) is 3.00. The van der Waals surface area contributed by atoms with E-state index >= 15 is 0 Å². The highest BCUT2D eigenvalue weighted by molar-refractivity contribution is 6.43. The van der Waals surface area contributed by atoms with Crippen LogP contribution in [0.5, 0.6) is 0 Å². The maximum Gasteiger partial charge on any atom is 0.292 e. The van der Waals surface area contributed by atoms with Crippen LogP contribution < -0.4 is 10.2 Å². The fraction of sp³-hybridized carbons (Fsp3) is 0.250. The molecule has 2 aromatic carbocycles. The molecule has 0 saturated carbocycles. The quantitative estimate of drug-likeness (QED) is 0.625. The Hall–Kier alpha value is -3.29. The average molecular weight is 387 g/mol. The van der Waals surface area contributed by atoms with Gasteiger partial charge in [0.05, 0.1) is 6.54 Å². The predicted octanol–water partition coefficient (Wildman–Crippen LogP) is 1.61. The molecule has 0 bridgehead atoms. The molecule has 1 heterocycles. The smallest absolute Gasteiger partial charge is 0.292 e. The van der Waals surface area contributed by atoms with Gasteiger partial charge in [0.2, 0.25) is 11.7 Å². The molecule has 0 aliphatic carbocycles. The molecule has 1 N–H and O–H groups in total. The summed E-state index contributed by atoms with van der Waals surface area (Å²) in [4.78, 5) is 39.7. The summed E-state index contributed by atoms with van der Waals surface area (Å²) in [5.74, 6) is -3.12. The average Bonchev–Trinajstić information content (AvgIpc) is 2.71. The molecular weight excluding hydrogens is 368 g/mol. The number of Topliss-reactive ketones (excluding diaryl/α,β-unsaturated/α-hetero) is 1. The van der Waals surface area contributed by atoms with Crippen LogP contribution in [0, 0.1) is 11.6 Å². The third-order valence-electron chi connectivity index (χ3n) is 4.50.